The number of benzene rings is 2. The zero-order chi connectivity index (χ0) is 26.7. The summed E-state index contributed by atoms with van der Waals surface area (Å²) in [6.07, 6.45) is -0.863. The highest BCUT2D eigenvalue weighted by Gasteiger charge is 2.42. The molecule has 3 rings (SSSR count). The molecule has 2 aromatic carbocycles. The fraction of sp³-hybridized carbons (Fsp3) is 0.375. The highest BCUT2D eigenvalue weighted by Crippen LogP contribution is 2.20. The Morgan fingerprint density at radius 3 is 2.25 bits per heavy atom. The summed E-state index contributed by atoms with van der Waals surface area (Å²) in [4.78, 5) is 37.6. The first-order chi connectivity index (χ1) is 16.7. The van der Waals surface area contributed by atoms with Crippen LogP contribution >= 0.6 is 0 Å². The van der Waals surface area contributed by atoms with E-state index in [2.05, 4.69) is 16.0 Å². The minimum atomic E-state index is -4.08. The van der Waals surface area contributed by atoms with Crippen molar-refractivity contribution in [2.45, 2.75) is 56.3 Å². The van der Waals surface area contributed by atoms with Crippen molar-refractivity contribution in [1.82, 2.24) is 16.0 Å². The first-order valence-electron chi connectivity index (χ1n) is 11.1. The summed E-state index contributed by atoms with van der Waals surface area (Å²) in [7, 11) is -4.08. The van der Waals surface area contributed by atoms with Gasteiger partial charge in [0.25, 0.3) is 10.1 Å². The molecule has 0 spiro atoms. The number of rotatable bonds is 8. The Kier molecular flexibility index (Phi) is 7.89. The second-order valence-corrected chi connectivity index (χ2v) is 10.9. The van der Waals surface area contributed by atoms with Gasteiger partial charge in [-0.15, -0.1) is 0 Å². The Hall–Kier alpha value is -3.64. The van der Waals surface area contributed by atoms with E-state index in [1.165, 1.54) is 36.4 Å². The van der Waals surface area contributed by atoms with Crippen LogP contribution in [0.15, 0.2) is 53.4 Å². The number of hydrogen-bond acceptors (Lipinski definition) is 8. The van der Waals surface area contributed by atoms with Crippen LogP contribution < -0.4 is 16.0 Å². The molecule has 1 heterocycles. The topological polar surface area (TPSA) is 160 Å². The van der Waals surface area contributed by atoms with Gasteiger partial charge in [0.05, 0.1) is 17.5 Å². The largest absolute Gasteiger partial charge is 0.508 e. The summed E-state index contributed by atoms with van der Waals surface area (Å²) in [5.74, 6) is -1.32. The van der Waals surface area contributed by atoms with Crippen LogP contribution in [0.3, 0.4) is 0 Å². The van der Waals surface area contributed by atoms with E-state index in [0.29, 0.717) is 5.56 Å². The van der Waals surface area contributed by atoms with Crippen molar-refractivity contribution in [3.63, 3.8) is 0 Å². The van der Waals surface area contributed by atoms with Crippen molar-refractivity contribution in [2.75, 3.05) is 6.61 Å². The molecule has 36 heavy (non-hydrogen) atoms. The number of ether oxygens (including phenoxy) is 1. The summed E-state index contributed by atoms with van der Waals surface area (Å²) in [5.41, 5.74) is 0.385. The van der Waals surface area contributed by atoms with Gasteiger partial charge in [-0.2, -0.15) is 8.42 Å². The lowest BCUT2D eigenvalue weighted by molar-refractivity contribution is -0.137. The normalized spacial score (nSPS) is 18.4. The maximum absolute atomic E-state index is 13.1. The number of aryl methyl sites for hydroxylation is 1. The molecule has 1 unspecified atom stereocenters. The van der Waals surface area contributed by atoms with E-state index in [0.717, 1.165) is 5.56 Å². The van der Waals surface area contributed by atoms with Gasteiger partial charge in [-0.1, -0.05) is 29.8 Å². The summed E-state index contributed by atoms with van der Waals surface area (Å²) in [6.45, 7) is 6.40. The average Bonchev–Trinajstić information content (AvgIpc) is 2.78. The third-order valence-electron chi connectivity index (χ3n) is 5.17. The van der Waals surface area contributed by atoms with Crippen molar-refractivity contribution in [1.29, 1.82) is 0 Å². The Labute approximate surface area is 209 Å². The number of carbonyl (C=O) groups excluding carboxylic acids is 3. The summed E-state index contributed by atoms with van der Waals surface area (Å²) in [6, 6.07) is 8.48. The van der Waals surface area contributed by atoms with Gasteiger partial charge in [-0.3, -0.25) is 13.8 Å². The second-order valence-electron chi connectivity index (χ2n) is 9.32. The van der Waals surface area contributed by atoms with E-state index in [1.807, 2.05) is 6.92 Å². The van der Waals surface area contributed by atoms with Crippen molar-refractivity contribution < 1.29 is 36.8 Å². The Bertz CT molecular complexity index is 1220. The van der Waals surface area contributed by atoms with E-state index < -0.39 is 58.4 Å². The third kappa shape index (κ3) is 6.95. The Morgan fingerprint density at radius 1 is 1.08 bits per heavy atom. The summed E-state index contributed by atoms with van der Waals surface area (Å²) in [5, 5.41) is 17.1. The number of amides is 3. The van der Waals surface area contributed by atoms with Crippen LogP contribution in [0.1, 0.15) is 37.9 Å². The van der Waals surface area contributed by atoms with Gasteiger partial charge < -0.3 is 25.8 Å². The molecule has 1 fully saturated rings. The lowest BCUT2D eigenvalue weighted by Crippen LogP contribution is -2.71. The quantitative estimate of drug-likeness (QED) is 0.303. The number of nitrogens with one attached hydrogen (secondary N) is 3. The van der Waals surface area contributed by atoms with Crippen LogP contribution in [-0.4, -0.2) is 55.7 Å². The van der Waals surface area contributed by atoms with E-state index in [1.54, 1.807) is 32.9 Å². The number of alkyl carbamates (subject to hydrolysis) is 1. The minimum absolute atomic E-state index is 0.0340. The van der Waals surface area contributed by atoms with Crippen LogP contribution in [0, 0.1) is 6.92 Å². The zero-order valence-electron chi connectivity index (χ0n) is 20.3. The van der Waals surface area contributed by atoms with Crippen molar-refractivity contribution in [2.24, 2.45) is 0 Å². The van der Waals surface area contributed by atoms with Crippen LogP contribution in [0.2, 0.25) is 0 Å². The predicted molar refractivity (Wildman–Crippen MR) is 128 cm³/mol. The van der Waals surface area contributed by atoms with Crippen LogP contribution in [0.25, 0.3) is 0 Å². The Balaban J connectivity index is 1.69. The third-order valence-corrected chi connectivity index (χ3v) is 6.47. The molecule has 11 nitrogen and oxygen atoms in total. The molecule has 4 N–H and O–H groups in total. The zero-order valence-corrected chi connectivity index (χ0v) is 21.1. The molecule has 12 heteroatoms. The van der Waals surface area contributed by atoms with E-state index in [4.69, 9.17) is 8.92 Å². The van der Waals surface area contributed by atoms with Crippen molar-refractivity contribution in [3.8, 4) is 5.75 Å². The molecular weight excluding hydrogens is 490 g/mol. The molecule has 2 aromatic rings. The number of β-lactam (4-membered cyclic amide) rings is 1. The van der Waals surface area contributed by atoms with Gasteiger partial charge in [0, 0.05) is 0 Å². The number of carbonyl (C=O) groups is 3. The monoisotopic (exact) mass is 519 g/mol. The van der Waals surface area contributed by atoms with Crippen molar-refractivity contribution in [3.05, 3.63) is 59.7 Å². The van der Waals surface area contributed by atoms with Crippen LogP contribution in [0.5, 0.6) is 5.75 Å². The fourth-order valence-corrected chi connectivity index (χ4v) is 4.24. The maximum atomic E-state index is 13.1. The van der Waals surface area contributed by atoms with Gasteiger partial charge in [-0.25, -0.2) is 4.79 Å². The molecule has 0 bridgehead atoms. The number of phenols is 1. The fourth-order valence-electron chi connectivity index (χ4n) is 3.31. The second kappa shape index (κ2) is 10.5. The predicted octanol–water partition coefficient (Wildman–Crippen LogP) is 1.66. The average molecular weight is 520 g/mol. The highest BCUT2D eigenvalue weighted by atomic mass is 32.2. The van der Waals surface area contributed by atoms with Crippen LogP contribution in [0.4, 0.5) is 4.79 Å². The molecule has 194 valence electrons. The molecule has 1 aliphatic rings. The number of hydrogen-bond donors (Lipinski definition) is 4. The number of aromatic hydroxyl groups is 1. The number of phenolic OH excluding ortho intramolecular Hbond substituents is 1. The van der Waals surface area contributed by atoms with Gasteiger partial charge in [0.1, 0.15) is 23.4 Å². The van der Waals surface area contributed by atoms with Crippen LogP contribution in [-0.2, 0) is 28.6 Å². The van der Waals surface area contributed by atoms with E-state index in [9.17, 15) is 27.9 Å². The van der Waals surface area contributed by atoms with Crippen molar-refractivity contribution >= 4 is 28.0 Å². The maximum Gasteiger partial charge on any atom is 0.408 e. The molecule has 1 saturated heterocycles. The molecular formula is C24H29N3O8S. The van der Waals surface area contributed by atoms with Gasteiger partial charge in [0.2, 0.25) is 11.8 Å². The summed E-state index contributed by atoms with van der Waals surface area (Å²) >= 11 is 0. The Morgan fingerprint density at radius 2 is 1.69 bits per heavy atom. The molecule has 1 aliphatic heterocycles. The SMILES string of the molecule is Cc1ccc(S(=O)(=O)OC[C@@H]2NC(=O)[C@@H]2NC(=O)C(NC(=O)OC(C)(C)C)c2ccc(O)cc2)cc1. The molecule has 0 aromatic heterocycles. The highest BCUT2D eigenvalue weighted by molar-refractivity contribution is 7.86. The standard InChI is InChI=1S/C24H29N3O8S/c1-14-5-11-17(12-6-14)36(32,33)34-13-18-20(22(30)25-18)26-21(29)19(15-7-9-16(28)10-8-15)27-23(31)35-24(2,3)4/h5-12,18-20,28H,13H2,1-4H3,(H,25,30)(H,26,29)(H,27,31)/t18-,19?,20+/m0/s1. The van der Waals surface area contributed by atoms with E-state index in [-0.39, 0.29) is 10.6 Å². The van der Waals surface area contributed by atoms with E-state index >= 15 is 0 Å². The minimum Gasteiger partial charge on any atom is -0.508 e. The molecule has 3 atom stereocenters. The molecule has 0 saturated carbocycles. The van der Waals surface area contributed by atoms with Gasteiger partial charge in [-0.05, 0) is 57.5 Å². The molecule has 0 radical (unpaired) electrons. The smallest absolute Gasteiger partial charge is 0.408 e. The van der Waals surface area contributed by atoms with Gasteiger partial charge in [0.15, 0.2) is 0 Å². The van der Waals surface area contributed by atoms with Gasteiger partial charge >= 0.3 is 6.09 Å². The lowest BCUT2D eigenvalue weighted by Gasteiger charge is -2.37. The molecule has 3 amide bonds. The molecule has 0 aliphatic carbocycles. The lowest BCUT2D eigenvalue weighted by atomic mass is 9.98. The first kappa shape index (κ1) is 27.0. The first-order valence-corrected chi connectivity index (χ1v) is 12.5. The summed E-state index contributed by atoms with van der Waals surface area (Å²) < 4.78 is 35.2.